The zero-order chi connectivity index (χ0) is 17.3. The first-order chi connectivity index (χ1) is 9.41. The van der Waals surface area contributed by atoms with Gasteiger partial charge in [-0.2, -0.15) is 0 Å². The molecule has 0 radical (unpaired) electrons. The summed E-state index contributed by atoms with van der Waals surface area (Å²) in [5, 5.41) is 0. The molecule has 0 aromatic carbocycles. The summed E-state index contributed by atoms with van der Waals surface area (Å²) < 4.78 is 10.0. The molecule has 0 bridgehead atoms. The maximum absolute atomic E-state index is 11.2. The van der Waals surface area contributed by atoms with Gasteiger partial charge in [-0.25, -0.2) is 0 Å². The van der Waals surface area contributed by atoms with Crippen LogP contribution < -0.4 is 0 Å². The fourth-order valence-corrected chi connectivity index (χ4v) is 1.04. The first kappa shape index (κ1) is 22.2. The number of hydrogen-bond donors (Lipinski definition) is 0. The SMILES string of the molecule is CCC(C)C(=O)OC(C)(C)C.CCOC(=O)C(C)(C)CC. The minimum absolute atomic E-state index is 0.0224. The summed E-state index contributed by atoms with van der Waals surface area (Å²) in [7, 11) is 0. The lowest BCUT2D eigenvalue weighted by molar-refractivity contribution is -0.159. The van der Waals surface area contributed by atoms with Crippen LogP contribution in [0.2, 0.25) is 0 Å². The molecule has 4 heteroatoms. The summed E-state index contributed by atoms with van der Waals surface area (Å²) in [6, 6.07) is 0. The van der Waals surface area contributed by atoms with Gasteiger partial charge in [-0.05, 0) is 54.4 Å². The van der Waals surface area contributed by atoms with Crippen LogP contribution in [0, 0.1) is 11.3 Å². The standard InChI is InChI=1S/C9H18O2.C8H16O2/c1-6-7(2)8(10)11-9(3,4)5;1-5-8(3,4)7(9)10-6-2/h7H,6H2,1-5H3;5-6H2,1-4H3. The van der Waals surface area contributed by atoms with E-state index in [1.165, 1.54) is 0 Å². The van der Waals surface area contributed by atoms with E-state index in [1.54, 1.807) is 0 Å². The van der Waals surface area contributed by atoms with Crippen LogP contribution in [0.25, 0.3) is 0 Å². The van der Waals surface area contributed by atoms with E-state index in [4.69, 9.17) is 9.47 Å². The second-order valence-electron chi connectivity index (χ2n) is 6.80. The van der Waals surface area contributed by atoms with Crippen LogP contribution >= 0.6 is 0 Å². The largest absolute Gasteiger partial charge is 0.466 e. The Morgan fingerprint density at radius 2 is 1.48 bits per heavy atom. The Bertz CT molecular complexity index is 313. The summed E-state index contributed by atoms with van der Waals surface area (Å²) in [6.07, 6.45) is 1.67. The lowest BCUT2D eigenvalue weighted by Crippen LogP contribution is -2.27. The lowest BCUT2D eigenvalue weighted by atomic mass is 9.91. The fourth-order valence-electron chi connectivity index (χ4n) is 1.04. The van der Waals surface area contributed by atoms with Gasteiger partial charge in [0.2, 0.25) is 0 Å². The van der Waals surface area contributed by atoms with Crippen molar-refractivity contribution in [1.82, 2.24) is 0 Å². The highest BCUT2D eigenvalue weighted by Gasteiger charge is 2.26. The zero-order valence-corrected chi connectivity index (χ0v) is 15.3. The van der Waals surface area contributed by atoms with Gasteiger partial charge in [-0.1, -0.05) is 20.8 Å². The summed E-state index contributed by atoms with van der Waals surface area (Å²) >= 11 is 0. The molecule has 0 amide bonds. The molecule has 0 saturated heterocycles. The molecule has 0 aromatic heterocycles. The van der Waals surface area contributed by atoms with E-state index in [0.717, 1.165) is 12.8 Å². The summed E-state index contributed by atoms with van der Waals surface area (Å²) in [4.78, 5) is 22.2. The second kappa shape index (κ2) is 9.80. The smallest absolute Gasteiger partial charge is 0.311 e. The minimum atomic E-state index is -0.347. The maximum Gasteiger partial charge on any atom is 0.311 e. The Morgan fingerprint density at radius 3 is 1.76 bits per heavy atom. The van der Waals surface area contributed by atoms with E-state index in [-0.39, 0.29) is 28.9 Å². The highest BCUT2D eigenvalue weighted by molar-refractivity contribution is 5.75. The van der Waals surface area contributed by atoms with Crippen LogP contribution in [0.15, 0.2) is 0 Å². The Balaban J connectivity index is 0. The first-order valence-electron chi connectivity index (χ1n) is 7.81. The van der Waals surface area contributed by atoms with Gasteiger partial charge in [0.1, 0.15) is 5.60 Å². The molecule has 21 heavy (non-hydrogen) atoms. The average molecular weight is 302 g/mol. The van der Waals surface area contributed by atoms with Gasteiger partial charge < -0.3 is 9.47 Å². The Labute approximate surface area is 130 Å². The fraction of sp³-hybridized carbons (Fsp3) is 0.882. The third kappa shape index (κ3) is 11.3. The number of ether oxygens (including phenoxy) is 2. The van der Waals surface area contributed by atoms with Gasteiger partial charge in [0.05, 0.1) is 17.9 Å². The molecule has 0 spiro atoms. The second-order valence-corrected chi connectivity index (χ2v) is 6.80. The highest BCUT2D eigenvalue weighted by Crippen LogP contribution is 2.21. The molecule has 0 aliphatic carbocycles. The normalized spacial score (nSPS) is 12.8. The number of esters is 2. The maximum atomic E-state index is 11.2. The van der Waals surface area contributed by atoms with Crippen LogP contribution in [-0.2, 0) is 19.1 Å². The third-order valence-corrected chi connectivity index (χ3v) is 3.13. The lowest BCUT2D eigenvalue weighted by Gasteiger charge is -2.21. The van der Waals surface area contributed by atoms with Crippen molar-refractivity contribution in [3.05, 3.63) is 0 Å². The summed E-state index contributed by atoms with van der Waals surface area (Å²) in [5.41, 5.74) is -0.656. The van der Waals surface area contributed by atoms with E-state index in [0.29, 0.717) is 6.61 Å². The van der Waals surface area contributed by atoms with Crippen molar-refractivity contribution in [3.8, 4) is 0 Å². The zero-order valence-electron chi connectivity index (χ0n) is 15.3. The van der Waals surface area contributed by atoms with Gasteiger partial charge in [-0.3, -0.25) is 9.59 Å². The Kier molecular flexibility index (Phi) is 10.4. The predicted octanol–water partition coefficient (Wildman–Crippen LogP) is 4.36. The van der Waals surface area contributed by atoms with Crippen molar-refractivity contribution in [2.45, 2.75) is 80.8 Å². The molecule has 1 unspecified atom stereocenters. The van der Waals surface area contributed by atoms with E-state index < -0.39 is 0 Å². The molecule has 0 heterocycles. The van der Waals surface area contributed by atoms with Gasteiger partial charge in [0, 0.05) is 0 Å². The summed E-state index contributed by atoms with van der Waals surface area (Å²) in [5.74, 6) is -0.174. The molecule has 0 aliphatic rings. The number of rotatable bonds is 5. The van der Waals surface area contributed by atoms with Crippen molar-refractivity contribution in [1.29, 1.82) is 0 Å². The molecule has 0 rings (SSSR count). The topological polar surface area (TPSA) is 52.6 Å². The molecular weight excluding hydrogens is 268 g/mol. The molecule has 0 fully saturated rings. The highest BCUT2D eigenvalue weighted by atomic mass is 16.6. The van der Waals surface area contributed by atoms with Crippen molar-refractivity contribution in [2.24, 2.45) is 11.3 Å². The molecule has 0 N–H and O–H groups in total. The molecule has 0 aliphatic heterocycles. The van der Waals surface area contributed by atoms with Gasteiger partial charge >= 0.3 is 11.9 Å². The number of carbonyl (C=O) groups is 2. The predicted molar refractivity (Wildman–Crippen MR) is 86.0 cm³/mol. The first-order valence-corrected chi connectivity index (χ1v) is 7.81. The van der Waals surface area contributed by atoms with Gasteiger partial charge in [-0.15, -0.1) is 0 Å². The monoisotopic (exact) mass is 302 g/mol. The molecule has 126 valence electrons. The van der Waals surface area contributed by atoms with Crippen LogP contribution in [-0.4, -0.2) is 24.1 Å². The molecule has 4 nitrogen and oxygen atoms in total. The third-order valence-electron chi connectivity index (χ3n) is 3.13. The molecule has 0 aromatic rings. The van der Waals surface area contributed by atoms with E-state index >= 15 is 0 Å². The van der Waals surface area contributed by atoms with Crippen LogP contribution in [0.4, 0.5) is 0 Å². The van der Waals surface area contributed by atoms with Crippen LogP contribution in [0.5, 0.6) is 0 Å². The molecule has 0 saturated carbocycles. The molecular formula is C17H34O4. The van der Waals surface area contributed by atoms with E-state index in [9.17, 15) is 9.59 Å². The molecule has 1 atom stereocenters. The Hall–Kier alpha value is -1.06. The van der Waals surface area contributed by atoms with Crippen LogP contribution in [0.1, 0.15) is 75.2 Å². The quantitative estimate of drug-likeness (QED) is 0.708. The van der Waals surface area contributed by atoms with Crippen molar-refractivity contribution in [3.63, 3.8) is 0 Å². The summed E-state index contributed by atoms with van der Waals surface area (Å²) in [6.45, 7) is 17.6. The van der Waals surface area contributed by atoms with Crippen molar-refractivity contribution in [2.75, 3.05) is 6.61 Å². The van der Waals surface area contributed by atoms with Gasteiger partial charge in [0.15, 0.2) is 0 Å². The van der Waals surface area contributed by atoms with Crippen LogP contribution in [0.3, 0.4) is 0 Å². The number of carbonyl (C=O) groups excluding carboxylic acids is 2. The van der Waals surface area contributed by atoms with Crippen molar-refractivity contribution >= 4 is 11.9 Å². The average Bonchev–Trinajstić information content (AvgIpc) is 2.36. The minimum Gasteiger partial charge on any atom is -0.466 e. The Morgan fingerprint density at radius 1 is 1.00 bits per heavy atom. The van der Waals surface area contributed by atoms with Crippen molar-refractivity contribution < 1.29 is 19.1 Å². The van der Waals surface area contributed by atoms with E-state index in [2.05, 4.69) is 0 Å². The van der Waals surface area contributed by atoms with E-state index in [1.807, 2.05) is 62.3 Å². The van der Waals surface area contributed by atoms with Gasteiger partial charge in [0.25, 0.3) is 0 Å². The number of hydrogen-bond acceptors (Lipinski definition) is 4.